The third kappa shape index (κ3) is 2.65. The summed E-state index contributed by atoms with van der Waals surface area (Å²) in [5.41, 5.74) is 0. The summed E-state index contributed by atoms with van der Waals surface area (Å²) in [6.45, 7) is 3.04. The van der Waals surface area contributed by atoms with Gasteiger partial charge in [-0.2, -0.15) is 0 Å². The van der Waals surface area contributed by atoms with Crippen LogP contribution in [0.5, 0.6) is 0 Å². The second kappa shape index (κ2) is 4.67. The van der Waals surface area contributed by atoms with Gasteiger partial charge in [-0.1, -0.05) is 6.92 Å². The van der Waals surface area contributed by atoms with E-state index in [2.05, 4.69) is 18.2 Å². The van der Waals surface area contributed by atoms with E-state index in [0.29, 0.717) is 5.92 Å². The molecule has 0 bridgehead atoms. The highest BCUT2D eigenvalue weighted by Gasteiger charge is 1.96. The first-order valence-corrected chi connectivity index (χ1v) is 2.95. The predicted octanol–water partition coefficient (Wildman–Crippen LogP) is 0.865. The van der Waals surface area contributed by atoms with Gasteiger partial charge in [0.1, 0.15) is 0 Å². The average Bonchev–Trinajstić information content (AvgIpc) is 1.83. The smallest absolute Gasteiger partial charge is 0.0322 e. The number of rotatable bonds is 3. The monoisotopic (exact) mass is 111 g/mol. The molecule has 0 aliphatic carbocycles. The van der Waals surface area contributed by atoms with Crippen LogP contribution in [0.25, 0.3) is 0 Å². The molecule has 1 nitrogen and oxygen atoms in total. The Kier molecular flexibility index (Phi) is 4.39. The van der Waals surface area contributed by atoms with E-state index in [0.717, 1.165) is 13.0 Å². The van der Waals surface area contributed by atoms with Crippen molar-refractivity contribution in [2.75, 3.05) is 13.6 Å². The molecule has 0 amide bonds. The van der Waals surface area contributed by atoms with Gasteiger partial charge in [-0.3, -0.25) is 0 Å². The molecule has 0 saturated carbocycles. The van der Waals surface area contributed by atoms with Crippen LogP contribution in [-0.4, -0.2) is 13.6 Å². The molecule has 0 aromatic carbocycles. The Morgan fingerprint density at radius 3 is 2.50 bits per heavy atom. The lowest BCUT2D eigenvalue weighted by Gasteiger charge is -2.03. The summed E-state index contributed by atoms with van der Waals surface area (Å²) < 4.78 is 0. The first-order valence-electron chi connectivity index (χ1n) is 2.95. The van der Waals surface area contributed by atoms with E-state index in [4.69, 9.17) is 6.42 Å². The summed E-state index contributed by atoms with van der Waals surface area (Å²) in [6.07, 6.45) is 6.25. The minimum absolute atomic E-state index is 0.417. The molecule has 0 spiro atoms. The fourth-order valence-electron chi connectivity index (χ4n) is 0.568. The molecular weight excluding hydrogens is 98.1 g/mol. The summed E-state index contributed by atoms with van der Waals surface area (Å²) >= 11 is 0. The normalized spacial score (nSPS) is 12.6. The molecule has 0 rings (SSSR count). The zero-order valence-electron chi connectivity index (χ0n) is 5.57. The molecule has 0 saturated heterocycles. The summed E-state index contributed by atoms with van der Waals surface area (Å²) in [6, 6.07) is 0. The summed E-state index contributed by atoms with van der Waals surface area (Å²) in [4.78, 5) is 0. The maximum Gasteiger partial charge on any atom is 0.0322 e. The quantitative estimate of drug-likeness (QED) is 0.533. The first kappa shape index (κ1) is 7.52. The topological polar surface area (TPSA) is 12.0 Å². The highest BCUT2D eigenvalue weighted by molar-refractivity contribution is 4.92. The van der Waals surface area contributed by atoms with Gasteiger partial charge in [0.05, 0.1) is 0 Å². The van der Waals surface area contributed by atoms with E-state index in [9.17, 15) is 0 Å². The summed E-state index contributed by atoms with van der Waals surface area (Å²) in [7, 11) is 1.92. The fraction of sp³-hybridized carbons (Fsp3) is 0.714. The van der Waals surface area contributed by atoms with Gasteiger partial charge in [-0.05, 0) is 13.5 Å². The number of nitrogens with one attached hydrogen (secondary N) is 1. The van der Waals surface area contributed by atoms with Crippen LogP contribution >= 0.6 is 0 Å². The minimum atomic E-state index is 0.417. The molecule has 0 aliphatic rings. The molecule has 0 aromatic rings. The second-order valence-corrected chi connectivity index (χ2v) is 1.83. The van der Waals surface area contributed by atoms with E-state index < -0.39 is 0 Å². The molecule has 8 heavy (non-hydrogen) atoms. The molecular formula is C7H13N. The fourth-order valence-corrected chi connectivity index (χ4v) is 0.568. The molecule has 1 unspecified atom stereocenters. The van der Waals surface area contributed by atoms with Crippen molar-refractivity contribution in [2.24, 2.45) is 5.92 Å². The van der Waals surface area contributed by atoms with Gasteiger partial charge >= 0.3 is 0 Å². The number of hydrogen-bond donors (Lipinski definition) is 1. The summed E-state index contributed by atoms with van der Waals surface area (Å²) in [5, 5.41) is 3.03. The van der Waals surface area contributed by atoms with Crippen LogP contribution in [0.1, 0.15) is 13.3 Å². The van der Waals surface area contributed by atoms with Crippen molar-refractivity contribution < 1.29 is 0 Å². The van der Waals surface area contributed by atoms with Crippen molar-refractivity contribution in [1.29, 1.82) is 0 Å². The lowest BCUT2D eigenvalue weighted by molar-refractivity contribution is 0.599. The van der Waals surface area contributed by atoms with Gasteiger partial charge in [0, 0.05) is 12.5 Å². The van der Waals surface area contributed by atoms with Gasteiger partial charge in [-0.25, -0.2) is 0 Å². The Labute approximate surface area is 51.5 Å². The lowest BCUT2D eigenvalue weighted by Crippen LogP contribution is -2.16. The molecule has 1 heteroatoms. The Hall–Kier alpha value is -0.480. The molecule has 0 heterocycles. The standard InChI is InChI=1S/C7H13N/c1-4-7(5-2)6-8-3/h1,7-8H,5-6H2,2-3H3. The minimum Gasteiger partial charge on any atom is -0.319 e. The van der Waals surface area contributed by atoms with Crippen LogP contribution in [-0.2, 0) is 0 Å². The molecule has 1 N–H and O–H groups in total. The van der Waals surface area contributed by atoms with Crippen molar-refractivity contribution in [2.45, 2.75) is 13.3 Å². The Morgan fingerprint density at radius 2 is 2.38 bits per heavy atom. The predicted molar refractivity (Wildman–Crippen MR) is 36.5 cm³/mol. The van der Waals surface area contributed by atoms with Crippen molar-refractivity contribution in [1.82, 2.24) is 5.32 Å². The van der Waals surface area contributed by atoms with Gasteiger partial charge in [0.2, 0.25) is 0 Å². The van der Waals surface area contributed by atoms with E-state index in [-0.39, 0.29) is 0 Å². The van der Waals surface area contributed by atoms with Gasteiger partial charge in [0.15, 0.2) is 0 Å². The number of terminal acetylenes is 1. The van der Waals surface area contributed by atoms with E-state index in [1.807, 2.05) is 7.05 Å². The highest BCUT2D eigenvalue weighted by atomic mass is 14.8. The summed E-state index contributed by atoms with van der Waals surface area (Å²) in [5.74, 6) is 3.11. The van der Waals surface area contributed by atoms with Crippen LogP contribution in [0, 0.1) is 18.3 Å². The van der Waals surface area contributed by atoms with Crippen molar-refractivity contribution in [3.63, 3.8) is 0 Å². The van der Waals surface area contributed by atoms with Crippen molar-refractivity contribution in [3.05, 3.63) is 0 Å². The molecule has 0 fully saturated rings. The van der Waals surface area contributed by atoms with E-state index >= 15 is 0 Å². The third-order valence-electron chi connectivity index (χ3n) is 1.18. The average molecular weight is 111 g/mol. The van der Waals surface area contributed by atoms with Crippen LogP contribution in [0.3, 0.4) is 0 Å². The Bertz CT molecular complexity index is 80.9. The Morgan fingerprint density at radius 1 is 1.75 bits per heavy atom. The second-order valence-electron chi connectivity index (χ2n) is 1.83. The lowest BCUT2D eigenvalue weighted by atomic mass is 10.1. The van der Waals surface area contributed by atoms with Crippen LogP contribution in [0.4, 0.5) is 0 Å². The molecule has 46 valence electrons. The molecule has 0 aliphatic heterocycles. The van der Waals surface area contributed by atoms with Gasteiger partial charge < -0.3 is 5.32 Å². The van der Waals surface area contributed by atoms with Crippen molar-refractivity contribution in [3.8, 4) is 12.3 Å². The zero-order chi connectivity index (χ0) is 6.41. The van der Waals surface area contributed by atoms with E-state index in [1.54, 1.807) is 0 Å². The highest BCUT2D eigenvalue weighted by Crippen LogP contribution is 1.95. The zero-order valence-corrected chi connectivity index (χ0v) is 5.57. The molecule has 1 atom stereocenters. The third-order valence-corrected chi connectivity index (χ3v) is 1.18. The molecule has 0 radical (unpaired) electrons. The maximum absolute atomic E-state index is 5.18. The van der Waals surface area contributed by atoms with Crippen LogP contribution in [0.15, 0.2) is 0 Å². The van der Waals surface area contributed by atoms with Crippen LogP contribution < -0.4 is 5.32 Å². The maximum atomic E-state index is 5.18. The van der Waals surface area contributed by atoms with Gasteiger partial charge in [-0.15, -0.1) is 12.3 Å². The SMILES string of the molecule is C#CC(CC)CNC. The van der Waals surface area contributed by atoms with Crippen LogP contribution in [0.2, 0.25) is 0 Å². The molecule has 0 aromatic heterocycles. The Balaban J connectivity index is 3.26. The van der Waals surface area contributed by atoms with Gasteiger partial charge in [0.25, 0.3) is 0 Å². The number of hydrogen-bond acceptors (Lipinski definition) is 1. The largest absolute Gasteiger partial charge is 0.319 e. The van der Waals surface area contributed by atoms with Crippen molar-refractivity contribution >= 4 is 0 Å². The first-order chi connectivity index (χ1) is 3.85. The van der Waals surface area contributed by atoms with E-state index in [1.165, 1.54) is 0 Å².